The Balaban J connectivity index is 1.69. The van der Waals surface area contributed by atoms with Gasteiger partial charge in [-0.25, -0.2) is 14.4 Å². The number of primary amides is 1. The van der Waals surface area contributed by atoms with Gasteiger partial charge in [0.25, 0.3) is 0 Å². The highest BCUT2D eigenvalue weighted by molar-refractivity contribution is 5.88. The summed E-state index contributed by atoms with van der Waals surface area (Å²) >= 11 is 0. The van der Waals surface area contributed by atoms with Crippen LogP contribution in [-0.2, 0) is 16.2 Å². The SMILES string of the molecule is NC(=O)n1ncc2c1C(C(=O)O)N1CC2N(OCc2ccccc2)C1=O. The third-order valence-electron chi connectivity index (χ3n) is 4.51. The lowest BCUT2D eigenvalue weighted by atomic mass is 9.98. The number of carbonyl (C=O) groups excluding carboxylic acids is 2. The third-order valence-corrected chi connectivity index (χ3v) is 4.51. The van der Waals surface area contributed by atoms with Gasteiger partial charge in [-0.2, -0.15) is 14.8 Å². The maximum atomic E-state index is 12.7. The molecule has 0 spiro atoms. The van der Waals surface area contributed by atoms with E-state index in [1.165, 1.54) is 6.20 Å². The van der Waals surface area contributed by atoms with Crippen molar-refractivity contribution in [3.8, 4) is 0 Å². The Hall–Kier alpha value is -3.40. The smallest absolute Gasteiger partial charge is 0.345 e. The number of carboxylic acids is 1. The molecule has 2 aliphatic rings. The molecule has 2 atom stereocenters. The van der Waals surface area contributed by atoms with Crippen molar-refractivity contribution in [3.05, 3.63) is 53.3 Å². The first-order chi connectivity index (χ1) is 12.5. The van der Waals surface area contributed by atoms with Crippen molar-refractivity contribution < 1.29 is 24.3 Å². The number of nitrogens with zero attached hydrogens (tertiary/aromatic N) is 4. The molecule has 3 amide bonds. The minimum absolute atomic E-state index is 0.0837. The van der Waals surface area contributed by atoms with E-state index >= 15 is 0 Å². The average molecular weight is 357 g/mol. The largest absolute Gasteiger partial charge is 0.479 e. The molecule has 1 fully saturated rings. The Labute approximate surface area is 147 Å². The number of aliphatic carboxylic acids is 1. The second-order valence-corrected chi connectivity index (χ2v) is 6.01. The molecule has 1 saturated heterocycles. The molecule has 0 saturated carbocycles. The number of benzene rings is 1. The predicted octanol–water partition coefficient (Wildman–Crippen LogP) is 0.860. The molecule has 26 heavy (non-hydrogen) atoms. The first-order valence-corrected chi connectivity index (χ1v) is 7.86. The van der Waals surface area contributed by atoms with Crippen LogP contribution in [0.1, 0.15) is 28.9 Å². The summed E-state index contributed by atoms with van der Waals surface area (Å²) in [5.74, 6) is -1.27. The van der Waals surface area contributed by atoms with E-state index in [2.05, 4.69) is 5.10 Å². The van der Waals surface area contributed by atoms with Crippen LogP contribution in [-0.4, -0.2) is 49.4 Å². The van der Waals surface area contributed by atoms with E-state index in [-0.39, 0.29) is 18.8 Å². The highest BCUT2D eigenvalue weighted by Gasteiger charge is 2.53. The molecule has 2 aliphatic heterocycles. The summed E-state index contributed by atoms with van der Waals surface area (Å²) in [7, 11) is 0. The molecule has 10 nitrogen and oxygen atoms in total. The van der Waals surface area contributed by atoms with E-state index in [0.29, 0.717) is 5.56 Å². The Kier molecular flexibility index (Phi) is 3.62. The van der Waals surface area contributed by atoms with Crippen LogP contribution in [0, 0.1) is 0 Å². The van der Waals surface area contributed by atoms with Crippen LogP contribution in [0.2, 0.25) is 0 Å². The Morgan fingerprint density at radius 1 is 1.31 bits per heavy atom. The Morgan fingerprint density at radius 3 is 2.69 bits per heavy atom. The zero-order valence-corrected chi connectivity index (χ0v) is 13.5. The number of hydrogen-bond donors (Lipinski definition) is 2. The topological polar surface area (TPSA) is 131 Å². The van der Waals surface area contributed by atoms with Crippen LogP contribution < -0.4 is 5.73 Å². The molecule has 2 bridgehead atoms. The molecule has 10 heteroatoms. The van der Waals surface area contributed by atoms with Gasteiger partial charge < -0.3 is 15.7 Å². The van der Waals surface area contributed by atoms with Crippen molar-refractivity contribution in [2.45, 2.75) is 18.7 Å². The molecular formula is C16H15N5O5. The third kappa shape index (κ3) is 2.30. The van der Waals surface area contributed by atoms with Crippen LogP contribution in [0.15, 0.2) is 36.5 Å². The number of amides is 3. The van der Waals surface area contributed by atoms with Crippen LogP contribution >= 0.6 is 0 Å². The molecule has 3 heterocycles. The molecule has 1 aromatic heterocycles. The van der Waals surface area contributed by atoms with Gasteiger partial charge in [0, 0.05) is 5.56 Å². The molecule has 1 aromatic carbocycles. The van der Waals surface area contributed by atoms with Gasteiger partial charge >= 0.3 is 18.0 Å². The van der Waals surface area contributed by atoms with Crippen molar-refractivity contribution >= 4 is 18.0 Å². The van der Waals surface area contributed by atoms with Gasteiger partial charge in [-0.05, 0) is 5.56 Å². The molecule has 0 aliphatic carbocycles. The van der Waals surface area contributed by atoms with Crippen molar-refractivity contribution in [1.29, 1.82) is 0 Å². The van der Waals surface area contributed by atoms with E-state index in [0.717, 1.165) is 20.2 Å². The predicted molar refractivity (Wildman–Crippen MR) is 85.5 cm³/mol. The number of nitrogens with two attached hydrogens (primary N) is 1. The number of aromatic nitrogens is 2. The monoisotopic (exact) mass is 357 g/mol. The van der Waals surface area contributed by atoms with Crippen LogP contribution in [0.25, 0.3) is 0 Å². The lowest BCUT2D eigenvalue weighted by Crippen LogP contribution is -2.40. The quantitative estimate of drug-likeness (QED) is 0.834. The molecule has 0 radical (unpaired) electrons. The number of urea groups is 1. The number of carbonyl (C=O) groups is 3. The maximum absolute atomic E-state index is 12.7. The minimum Gasteiger partial charge on any atom is -0.479 e. The van der Waals surface area contributed by atoms with Gasteiger partial charge in [0.1, 0.15) is 12.6 Å². The second-order valence-electron chi connectivity index (χ2n) is 6.01. The zero-order chi connectivity index (χ0) is 18.4. The van der Waals surface area contributed by atoms with Gasteiger partial charge in [-0.3, -0.25) is 4.84 Å². The summed E-state index contributed by atoms with van der Waals surface area (Å²) in [6.07, 6.45) is 1.36. The lowest BCUT2D eigenvalue weighted by Gasteiger charge is -2.27. The summed E-state index contributed by atoms with van der Waals surface area (Å²) in [5.41, 5.74) is 6.66. The Bertz CT molecular complexity index is 896. The summed E-state index contributed by atoms with van der Waals surface area (Å²) in [6.45, 7) is 0.274. The van der Waals surface area contributed by atoms with E-state index in [1.807, 2.05) is 30.3 Å². The normalized spacial score (nSPS) is 21.0. The van der Waals surface area contributed by atoms with Gasteiger partial charge in [-0.1, -0.05) is 30.3 Å². The van der Waals surface area contributed by atoms with Gasteiger partial charge in [0.05, 0.1) is 18.4 Å². The number of carboxylic acid groups (broad SMARTS) is 1. The zero-order valence-electron chi connectivity index (χ0n) is 13.5. The van der Waals surface area contributed by atoms with E-state index in [9.17, 15) is 19.5 Å². The van der Waals surface area contributed by atoms with Crippen molar-refractivity contribution in [3.63, 3.8) is 0 Å². The van der Waals surface area contributed by atoms with E-state index in [4.69, 9.17) is 10.6 Å². The molecule has 134 valence electrons. The van der Waals surface area contributed by atoms with Gasteiger partial charge in [0.2, 0.25) is 0 Å². The van der Waals surface area contributed by atoms with Crippen molar-refractivity contribution in [1.82, 2.24) is 19.7 Å². The maximum Gasteiger partial charge on any atom is 0.345 e. The highest BCUT2D eigenvalue weighted by atomic mass is 16.7. The fourth-order valence-corrected chi connectivity index (χ4v) is 3.38. The molecule has 2 aromatic rings. The first-order valence-electron chi connectivity index (χ1n) is 7.86. The number of fused-ring (bicyclic) bond motifs is 4. The van der Waals surface area contributed by atoms with Crippen LogP contribution in [0.3, 0.4) is 0 Å². The summed E-state index contributed by atoms with van der Waals surface area (Å²) in [4.78, 5) is 42.8. The number of rotatable bonds is 4. The highest BCUT2D eigenvalue weighted by Crippen LogP contribution is 2.44. The van der Waals surface area contributed by atoms with E-state index < -0.39 is 30.1 Å². The number of hydroxylamine groups is 2. The van der Waals surface area contributed by atoms with E-state index in [1.54, 1.807) is 0 Å². The standard InChI is InChI=1S/C16H15N5O5/c17-15(24)20-12-10(6-18-20)11-7-19(13(12)14(22)23)16(25)21(11)26-8-9-4-2-1-3-5-9/h1-6,11,13H,7-8H2,(H2,17,24)(H,22,23). The lowest BCUT2D eigenvalue weighted by molar-refractivity contribution is -0.143. The molecule has 2 unspecified atom stereocenters. The van der Waals surface area contributed by atoms with Gasteiger partial charge in [0.15, 0.2) is 6.04 Å². The fraction of sp³-hybridized carbons (Fsp3) is 0.250. The summed E-state index contributed by atoms with van der Waals surface area (Å²) in [6, 6.07) is 5.86. The fourth-order valence-electron chi connectivity index (χ4n) is 3.38. The summed E-state index contributed by atoms with van der Waals surface area (Å²) < 4.78 is 0.821. The Morgan fingerprint density at radius 2 is 2.04 bits per heavy atom. The van der Waals surface area contributed by atoms with Crippen molar-refractivity contribution in [2.75, 3.05) is 6.54 Å². The van der Waals surface area contributed by atoms with Crippen LogP contribution in [0.5, 0.6) is 0 Å². The summed E-state index contributed by atoms with van der Waals surface area (Å²) in [5, 5.41) is 14.6. The molecular weight excluding hydrogens is 342 g/mol. The number of hydrogen-bond acceptors (Lipinski definition) is 5. The first kappa shape index (κ1) is 16.1. The second kappa shape index (κ2) is 5.85. The minimum atomic E-state index is -1.35. The average Bonchev–Trinajstić information content (AvgIpc) is 3.16. The molecule has 3 N–H and O–H groups in total. The molecule has 4 rings (SSSR count). The van der Waals surface area contributed by atoms with Gasteiger partial charge in [-0.15, -0.1) is 0 Å². The van der Waals surface area contributed by atoms with Crippen molar-refractivity contribution in [2.24, 2.45) is 5.73 Å². The van der Waals surface area contributed by atoms with Crippen LogP contribution in [0.4, 0.5) is 9.59 Å².